The van der Waals surface area contributed by atoms with Gasteiger partial charge in [-0.1, -0.05) is 24.6 Å². The zero-order chi connectivity index (χ0) is 20.4. The number of para-hydroxylation sites is 1. The highest BCUT2D eigenvalue weighted by Gasteiger charge is 2.21. The average Bonchev–Trinajstić information content (AvgIpc) is 3.09. The summed E-state index contributed by atoms with van der Waals surface area (Å²) in [7, 11) is 0. The maximum absolute atomic E-state index is 14.6. The third-order valence-corrected chi connectivity index (χ3v) is 4.47. The molecule has 28 heavy (non-hydrogen) atoms. The number of H-pyrrole nitrogens is 1. The van der Waals surface area contributed by atoms with Crippen LogP contribution in [0.3, 0.4) is 0 Å². The van der Waals surface area contributed by atoms with Crippen molar-refractivity contribution in [2.75, 3.05) is 5.32 Å². The zero-order valence-corrected chi connectivity index (χ0v) is 15.4. The molecular formula is C19H16ClF2N3O3. The van der Waals surface area contributed by atoms with Crippen LogP contribution in [0.25, 0.3) is 11.4 Å². The summed E-state index contributed by atoms with van der Waals surface area (Å²) in [5, 5.41) is 21.7. The van der Waals surface area contributed by atoms with Crippen molar-refractivity contribution in [3.8, 4) is 17.1 Å². The lowest BCUT2D eigenvalue weighted by Gasteiger charge is -2.11. The van der Waals surface area contributed by atoms with E-state index in [1.54, 1.807) is 0 Å². The molecular weight excluding hydrogens is 392 g/mol. The topological polar surface area (TPSA) is 98.2 Å². The number of imidazole rings is 1. The number of nitrogens with zero attached hydrogens (tertiary/aromatic N) is 1. The third kappa shape index (κ3) is 3.69. The van der Waals surface area contributed by atoms with Crippen molar-refractivity contribution >= 4 is 23.2 Å². The molecule has 0 fully saturated rings. The molecule has 0 unspecified atom stereocenters. The Hall–Kier alpha value is -2.97. The summed E-state index contributed by atoms with van der Waals surface area (Å²) < 4.78 is 28.4. The van der Waals surface area contributed by atoms with E-state index < -0.39 is 28.9 Å². The Morgan fingerprint density at radius 1 is 1.29 bits per heavy atom. The van der Waals surface area contributed by atoms with Crippen LogP contribution in [0.4, 0.5) is 14.5 Å². The second-order valence-corrected chi connectivity index (χ2v) is 6.33. The van der Waals surface area contributed by atoms with Crippen molar-refractivity contribution in [2.45, 2.75) is 20.0 Å². The molecule has 2 aromatic carbocycles. The number of aryl methyl sites for hydroxylation is 1. The number of nitrogens with one attached hydrogen (secondary N) is 2. The lowest BCUT2D eigenvalue weighted by atomic mass is 10.1. The van der Waals surface area contributed by atoms with Gasteiger partial charge in [0.15, 0.2) is 0 Å². The minimum absolute atomic E-state index is 0.0378. The van der Waals surface area contributed by atoms with Gasteiger partial charge < -0.3 is 20.5 Å². The van der Waals surface area contributed by atoms with E-state index in [1.165, 1.54) is 12.1 Å². The van der Waals surface area contributed by atoms with Crippen molar-refractivity contribution in [1.29, 1.82) is 0 Å². The van der Waals surface area contributed by atoms with Crippen LogP contribution in [-0.2, 0) is 13.0 Å². The number of hydrogen-bond donors (Lipinski definition) is 4. The van der Waals surface area contributed by atoms with Crippen LogP contribution in [0.15, 0.2) is 30.3 Å². The molecule has 0 aliphatic rings. The fraction of sp³-hybridized carbons (Fsp3) is 0.158. The first-order chi connectivity index (χ1) is 13.3. The molecule has 0 bridgehead atoms. The number of aliphatic hydroxyl groups excluding tert-OH is 1. The zero-order valence-electron chi connectivity index (χ0n) is 14.7. The molecule has 3 aromatic rings. The molecule has 1 aromatic heterocycles. The number of phenolic OH excluding ortho intramolecular Hbond substituents is 1. The number of aromatic hydroxyl groups is 1. The first kappa shape index (κ1) is 19.8. The van der Waals surface area contributed by atoms with Gasteiger partial charge in [-0.2, -0.15) is 0 Å². The first-order valence-electron chi connectivity index (χ1n) is 8.32. The smallest absolute Gasteiger partial charge is 0.259 e. The van der Waals surface area contributed by atoms with Gasteiger partial charge in [-0.05, 0) is 30.7 Å². The molecule has 0 saturated carbocycles. The summed E-state index contributed by atoms with van der Waals surface area (Å²) in [5.41, 5.74) is 0.252. The Morgan fingerprint density at radius 3 is 2.64 bits per heavy atom. The van der Waals surface area contributed by atoms with E-state index >= 15 is 0 Å². The van der Waals surface area contributed by atoms with Crippen molar-refractivity contribution in [3.05, 3.63) is 63.9 Å². The summed E-state index contributed by atoms with van der Waals surface area (Å²) in [6, 6.07) is 5.71. The fourth-order valence-electron chi connectivity index (χ4n) is 2.72. The van der Waals surface area contributed by atoms with Crippen LogP contribution >= 0.6 is 11.6 Å². The number of rotatable bonds is 5. The van der Waals surface area contributed by atoms with Gasteiger partial charge in [0.2, 0.25) is 0 Å². The molecule has 4 N–H and O–H groups in total. The first-order valence-corrected chi connectivity index (χ1v) is 8.70. The minimum atomic E-state index is -0.931. The van der Waals surface area contributed by atoms with Gasteiger partial charge in [0.05, 0.1) is 34.1 Å². The maximum atomic E-state index is 14.6. The highest BCUT2D eigenvalue weighted by Crippen LogP contribution is 2.31. The lowest BCUT2D eigenvalue weighted by molar-refractivity contribution is 0.102. The maximum Gasteiger partial charge on any atom is 0.259 e. The number of phenols is 1. The van der Waals surface area contributed by atoms with Gasteiger partial charge in [0, 0.05) is 5.69 Å². The summed E-state index contributed by atoms with van der Waals surface area (Å²) in [6.07, 6.45) is 0.542. The molecule has 1 heterocycles. The van der Waals surface area contributed by atoms with Gasteiger partial charge in [0.25, 0.3) is 5.91 Å². The Morgan fingerprint density at radius 2 is 2.04 bits per heavy atom. The number of aromatic nitrogens is 2. The molecule has 0 atom stereocenters. The average molecular weight is 408 g/mol. The predicted molar refractivity (Wildman–Crippen MR) is 100 cm³/mol. The van der Waals surface area contributed by atoms with Crippen LogP contribution in [0.2, 0.25) is 5.02 Å². The minimum Gasteiger partial charge on any atom is -0.507 e. The van der Waals surface area contributed by atoms with Gasteiger partial charge in [-0.15, -0.1) is 0 Å². The number of aliphatic hydroxyl groups is 1. The molecule has 0 saturated heterocycles. The highest BCUT2D eigenvalue weighted by atomic mass is 35.5. The number of aromatic amines is 1. The van der Waals surface area contributed by atoms with Crippen molar-refractivity contribution in [3.63, 3.8) is 0 Å². The Kier molecular flexibility index (Phi) is 5.62. The molecule has 3 rings (SSSR count). The van der Waals surface area contributed by atoms with Crippen LogP contribution in [0.1, 0.15) is 28.7 Å². The SMILES string of the molecule is CCc1[nH]c(-c2cc(O)c(C(=O)Nc3c(F)cccc3Cl)cc2F)nc1CO. The quantitative estimate of drug-likeness (QED) is 0.513. The van der Waals surface area contributed by atoms with E-state index in [4.69, 9.17) is 11.6 Å². The second-order valence-electron chi connectivity index (χ2n) is 5.92. The van der Waals surface area contributed by atoms with E-state index in [-0.39, 0.29) is 28.7 Å². The predicted octanol–water partition coefficient (Wildman–Crippen LogP) is 4.02. The van der Waals surface area contributed by atoms with Crippen molar-refractivity contribution in [1.82, 2.24) is 9.97 Å². The summed E-state index contributed by atoms with van der Waals surface area (Å²) in [6.45, 7) is 1.52. The molecule has 0 spiro atoms. The number of carbonyl (C=O) groups is 1. The monoisotopic (exact) mass is 407 g/mol. The Labute approximate surface area is 163 Å². The number of halogens is 3. The molecule has 146 valence electrons. The van der Waals surface area contributed by atoms with E-state index in [2.05, 4.69) is 15.3 Å². The van der Waals surface area contributed by atoms with Crippen LogP contribution in [0.5, 0.6) is 5.75 Å². The summed E-state index contributed by atoms with van der Waals surface area (Å²) >= 11 is 5.86. The molecule has 0 radical (unpaired) electrons. The highest BCUT2D eigenvalue weighted by molar-refractivity contribution is 6.34. The second kappa shape index (κ2) is 7.95. The van der Waals surface area contributed by atoms with Crippen LogP contribution in [-0.4, -0.2) is 26.1 Å². The summed E-state index contributed by atoms with van der Waals surface area (Å²) in [5.74, 6) is -2.95. The van der Waals surface area contributed by atoms with Gasteiger partial charge in [0.1, 0.15) is 23.2 Å². The molecule has 1 amide bonds. The van der Waals surface area contributed by atoms with Gasteiger partial charge in [-0.3, -0.25) is 4.79 Å². The lowest BCUT2D eigenvalue weighted by Crippen LogP contribution is -2.14. The van der Waals surface area contributed by atoms with E-state index in [9.17, 15) is 23.8 Å². The number of amides is 1. The summed E-state index contributed by atoms with van der Waals surface area (Å²) in [4.78, 5) is 19.4. The molecule has 6 nitrogen and oxygen atoms in total. The van der Waals surface area contributed by atoms with Crippen LogP contribution < -0.4 is 5.32 Å². The van der Waals surface area contributed by atoms with Crippen molar-refractivity contribution in [2.24, 2.45) is 0 Å². The number of benzene rings is 2. The van der Waals surface area contributed by atoms with E-state index in [0.717, 1.165) is 18.2 Å². The Bertz CT molecular complexity index is 1010. The van der Waals surface area contributed by atoms with Crippen molar-refractivity contribution < 1.29 is 23.8 Å². The standard InChI is InChI=1S/C19H16ClF2N3O3/c1-2-14-15(8-26)24-18(23-14)9-7-16(27)10(6-13(9)22)19(28)25-17-11(20)4-3-5-12(17)21/h3-7,26-27H,2,8H2,1H3,(H,23,24)(H,25,28). The van der Waals surface area contributed by atoms with Gasteiger partial charge >= 0.3 is 0 Å². The largest absolute Gasteiger partial charge is 0.507 e. The normalized spacial score (nSPS) is 10.9. The van der Waals surface area contributed by atoms with E-state index in [0.29, 0.717) is 17.8 Å². The number of anilines is 1. The molecule has 9 heteroatoms. The third-order valence-electron chi connectivity index (χ3n) is 4.15. The van der Waals surface area contributed by atoms with Gasteiger partial charge in [-0.25, -0.2) is 13.8 Å². The van der Waals surface area contributed by atoms with E-state index in [1.807, 2.05) is 6.92 Å². The number of carbonyl (C=O) groups excluding carboxylic acids is 1. The van der Waals surface area contributed by atoms with Crippen LogP contribution in [0, 0.1) is 11.6 Å². The number of hydrogen-bond acceptors (Lipinski definition) is 4. The molecule has 0 aliphatic carbocycles. The Balaban J connectivity index is 1.96. The fourth-order valence-corrected chi connectivity index (χ4v) is 2.93. The molecule has 0 aliphatic heterocycles.